The van der Waals surface area contributed by atoms with Gasteiger partial charge in [0.05, 0.1) is 165 Å². The third kappa shape index (κ3) is 29.1. The largest absolute Gasteiger partial charge is 0.444 e. The first-order valence-corrected chi connectivity index (χ1v) is 24.6. The summed E-state index contributed by atoms with van der Waals surface area (Å²) >= 11 is 0. The van der Waals surface area contributed by atoms with E-state index in [1.807, 2.05) is 20.8 Å². The predicted octanol–water partition coefficient (Wildman–Crippen LogP) is 4.29. The molecule has 0 spiro atoms. The van der Waals surface area contributed by atoms with E-state index in [2.05, 4.69) is 86.8 Å². The van der Waals surface area contributed by atoms with Gasteiger partial charge in [0.15, 0.2) is 0 Å². The number of carbonyl (C=O) groups excluding carboxylic acids is 1. The van der Waals surface area contributed by atoms with Crippen LogP contribution in [0.4, 0.5) is 4.79 Å². The van der Waals surface area contributed by atoms with Crippen LogP contribution < -0.4 is 15.7 Å². The molecule has 2 aromatic rings. The highest BCUT2D eigenvalue weighted by Gasteiger charge is 2.50. The lowest BCUT2D eigenvalue weighted by molar-refractivity contribution is -0.0285. The van der Waals surface area contributed by atoms with Gasteiger partial charge in [0, 0.05) is 6.54 Å². The second kappa shape index (κ2) is 37.5. The summed E-state index contributed by atoms with van der Waals surface area (Å²) in [5.74, 6) is 0. The lowest BCUT2D eigenvalue weighted by Crippen LogP contribution is -2.66. The molecule has 0 fully saturated rings. The first kappa shape index (κ1) is 57.5. The Labute approximate surface area is 384 Å². The summed E-state index contributed by atoms with van der Waals surface area (Å²) in [6.45, 7) is 24.7. The average Bonchev–Trinajstić information content (AvgIpc) is 3.26. The summed E-state index contributed by atoms with van der Waals surface area (Å²) in [4.78, 5) is 11.5. The van der Waals surface area contributed by atoms with Gasteiger partial charge in [-0.2, -0.15) is 0 Å². The Morgan fingerprint density at radius 1 is 0.391 bits per heavy atom. The predicted molar refractivity (Wildman–Crippen MR) is 248 cm³/mol. The van der Waals surface area contributed by atoms with E-state index in [0.29, 0.717) is 172 Å². The molecule has 0 radical (unpaired) electrons. The highest BCUT2D eigenvalue weighted by Crippen LogP contribution is 2.36. The summed E-state index contributed by atoms with van der Waals surface area (Å²) in [6.07, 6.45) is -0.454. The summed E-state index contributed by atoms with van der Waals surface area (Å²) in [5, 5.41) is 5.10. The smallest absolute Gasteiger partial charge is 0.407 e. The van der Waals surface area contributed by atoms with Gasteiger partial charge in [0.25, 0.3) is 8.32 Å². The average molecular weight is 928 g/mol. The molecule has 1 amide bonds. The van der Waals surface area contributed by atoms with Crippen LogP contribution in [-0.4, -0.2) is 192 Å². The SMILES string of the molecule is CC(C)(C)OC(=O)NCCOCCOCCOCCOCCOCCOCCOCCOCCOCCOCCOCCOCCO[Si](c1ccccc1)(c1ccccc1)C(C)(C)C. The highest BCUT2D eigenvalue weighted by atomic mass is 28.4. The number of hydrogen-bond donors (Lipinski definition) is 1. The molecule has 0 bridgehead atoms. The monoisotopic (exact) mass is 928 g/mol. The van der Waals surface area contributed by atoms with Gasteiger partial charge in [-0.15, -0.1) is 0 Å². The molecule has 0 saturated carbocycles. The Kier molecular flexibility index (Phi) is 33.7. The van der Waals surface area contributed by atoms with Crippen molar-refractivity contribution in [1.29, 1.82) is 0 Å². The molecule has 0 aliphatic heterocycles. The maximum atomic E-state index is 11.5. The van der Waals surface area contributed by atoms with Crippen molar-refractivity contribution in [2.75, 3.05) is 172 Å². The van der Waals surface area contributed by atoms with E-state index < -0.39 is 20.0 Å². The highest BCUT2D eigenvalue weighted by molar-refractivity contribution is 6.99. The third-order valence-corrected chi connectivity index (χ3v) is 14.0. The van der Waals surface area contributed by atoms with Gasteiger partial charge in [-0.3, -0.25) is 0 Å². The lowest BCUT2D eigenvalue weighted by Gasteiger charge is -2.43. The van der Waals surface area contributed by atoms with Gasteiger partial charge in [0.2, 0.25) is 0 Å². The molecule has 0 heterocycles. The molecule has 0 unspecified atom stereocenters. The number of nitrogens with one attached hydrogen (secondary N) is 1. The summed E-state index contributed by atoms with van der Waals surface area (Å²) in [5.41, 5.74) is -0.516. The molecule has 2 rings (SSSR count). The van der Waals surface area contributed by atoms with Crippen molar-refractivity contribution in [1.82, 2.24) is 5.32 Å². The van der Waals surface area contributed by atoms with E-state index in [1.165, 1.54) is 10.4 Å². The molecule has 0 aromatic heterocycles. The molecule has 0 aliphatic carbocycles. The number of hydrogen-bond acceptors (Lipinski definition) is 15. The molecule has 368 valence electrons. The van der Waals surface area contributed by atoms with Crippen LogP contribution in [0.2, 0.25) is 5.04 Å². The maximum Gasteiger partial charge on any atom is 0.407 e. The van der Waals surface area contributed by atoms with Gasteiger partial charge < -0.3 is 71.3 Å². The third-order valence-electron chi connectivity index (χ3n) is 8.97. The molecule has 17 heteroatoms. The van der Waals surface area contributed by atoms with Crippen molar-refractivity contribution in [2.45, 2.75) is 52.2 Å². The van der Waals surface area contributed by atoms with Gasteiger partial charge in [-0.25, -0.2) is 4.79 Å². The first-order valence-electron chi connectivity index (χ1n) is 22.7. The van der Waals surface area contributed by atoms with Crippen molar-refractivity contribution < 1.29 is 70.8 Å². The normalized spacial score (nSPS) is 12.2. The van der Waals surface area contributed by atoms with Crippen LogP contribution in [0, 0.1) is 0 Å². The molecule has 0 saturated heterocycles. The second-order valence-electron chi connectivity index (χ2n) is 16.3. The summed E-state index contributed by atoms with van der Waals surface area (Å²) < 4.78 is 78.6. The molecule has 1 N–H and O–H groups in total. The first-order chi connectivity index (χ1) is 31.1. The Morgan fingerprint density at radius 2 is 0.641 bits per heavy atom. The minimum absolute atomic E-state index is 0.0633. The fourth-order valence-electron chi connectivity index (χ4n) is 6.08. The number of amides is 1. The standard InChI is InChI=1S/C47H81NO15Si/c1-46(2,3)63-45(49)48-17-18-50-19-20-51-21-22-52-23-24-53-25-26-54-27-28-55-29-30-56-31-32-57-33-34-58-35-36-59-37-38-60-39-40-61-41-42-62-64(47(4,5)6,43-13-9-7-10-14-43)44-15-11-8-12-16-44/h7-16H,17-42H2,1-6H3,(H,48,49). The maximum absolute atomic E-state index is 11.5. The van der Waals surface area contributed by atoms with Crippen LogP contribution in [0.15, 0.2) is 60.7 Å². The van der Waals surface area contributed by atoms with E-state index >= 15 is 0 Å². The van der Waals surface area contributed by atoms with E-state index in [-0.39, 0.29) is 5.04 Å². The van der Waals surface area contributed by atoms with Gasteiger partial charge >= 0.3 is 6.09 Å². The molecular formula is C47H81NO15Si. The zero-order valence-corrected chi connectivity index (χ0v) is 40.8. The van der Waals surface area contributed by atoms with Crippen molar-refractivity contribution >= 4 is 24.8 Å². The topological polar surface area (TPSA) is 158 Å². The Hall–Kier alpha value is -2.59. The van der Waals surface area contributed by atoms with E-state index in [0.717, 1.165) is 0 Å². The molecule has 2 aromatic carbocycles. The van der Waals surface area contributed by atoms with Gasteiger partial charge in [0.1, 0.15) is 5.60 Å². The molecule has 64 heavy (non-hydrogen) atoms. The zero-order valence-electron chi connectivity index (χ0n) is 39.8. The number of rotatable bonds is 42. The molecule has 0 atom stereocenters. The van der Waals surface area contributed by atoms with Crippen molar-refractivity contribution in [3.8, 4) is 0 Å². The van der Waals surface area contributed by atoms with E-state index in [1.54, 1.807) is 0 Å². The number of alkyl carbamates (subject to hydrolysis) is 1. The Morgan fingerprint density at radius 3 is 0.891 bits per heavy atom. The van der Waals surface area contributed by atoms with Crippen molar-refractivity contribution in [3.63, 3.8) is 0 Å². The van der Waals surface area contributed by atoms with Gasteiger partial charge in [-0.05, 0) is 36.2 Å². The zero-order chi connectivity index (χ0) is 46.3. The Bertz CT molecular complexity index is 1310. The minimum Gasteiger partial charge on any atom is -0.444 e. The lowest BCUT2D eigenvalue weighted by atomic mass is 10.2. The van der Waals surface area contributed by atoms with Crippen molar-refractivity contribution in [3.05, 3.63) is 60.7 Å². The molecule has 0 aliphatic rings. The molecule has 16 nitrogen and oxygen atoms in total. The number of carbonyl (C=O) groups is 1. The number of ether oxygens (including phenoxy) is 13. The van der Waals surface area contributed by atoms with Crippen LogP contribution in [0.5, 0.6) is 0 Å². The quantitative estimate of drug-likeness (QED) is 0.0743. The van der Waals surface area contributed by atoms with Crippen molar-refractivity contribution in [2.24, 2.45) is 0 Å². The van der Waals surface area contributed by atoms with E-state index in [9.17, 15) is 4.79 Å². The van der Waals surface area contributed by atoms with Crippen LogP contribution in [0.25, 0.3) is 0 Å². The second-order valence-corrected chi connectivity index (χ2v) is 20.6. The number of benzene rings is 2. The van der Waals surface area contributed by atoms with Gasteiger partial charge in [-0.1, -0.05) is 81.4 Å². The Balaban J connectivity index is 1.24. The van der Waals surface area contributed by atoms with Crippen LogP contribution in [0.3, 0.4) is 0 Å². The molecular weight excluding hydrogens is 847 g/mol. The minimum atomic E-state index is -2.55. The van der Waals surface area contributed by atoms with Crippen LogP contribution >= 0.6 is 0 Å². The fourth-order valence-corrected chi connectivity index (χ4v) is 10.6. The van der Waals surface area contributed by atoms with Crippen LogP contribution in [0.1, 0.15) is 41.5 Å². The fraction of sp³-hybridized carbons (Fsp3) is 0.723. The summed E-state index contributed by atoms with van der Waals surface area (Å²) in [6, 6.07) is 21.3. The van der Waals surface area contributed by atoms with E-state index in [4.69, 9.17) is 66.0 Å². The summed E-state index contributed by atoms with van der Waals surface area (Å²) in [7, 11) is -2.55. The van der Waals surface area contributed by atoms with Crippen LogP contribution in [-0.2, 0) is 66.0 Å².